The SMILES string of the molecule is O=C(CC1Cc2ccccc21)C1CN2CCN1CC2. The summed E-state index contributed by atoms with van der Waals surface area (Å²) in [6.07, 6.45) is 1.84. The normalized spacial score (nSPS) is 35.6. The summed E-state index contributed by atoms with van der Waals surface area (Å²) in [5.74, 6) is 0.948. The van der Waals surface area contributed by atoms with Gasteiger partial charge in [-0.1, -0.05) is 24.3 Å². The monoisotopic (exact) mass is 256 g/mol. The van der Waals surface area contributed by atoms with Crippen molar-refractivity contribution in [3.63, 3.8) is 0 Å². The molecule has 1 aliphatic carbocycles. The van der Waals surface area contributed by atoms with Crippen molar-refractivity contribution in [1.29, 1.82) is 0 Å². The molecular weight excluding hydrogens is 236 g/mol. The van der Waals surface area contributed by atoms with Gasteiger partial charge in [0, 0.05) is 39.1 Å². The Morgan fingerprint density at radius 2 is 1.95 bits per heavy atom. The van der Waals surface area contributed by atoms with Crippen molar-refractivity contribution in [2.45, 2.75) is 24.8 Å². The second-order valence-electron chi connectivity index (χ2n) is 6.12. The van der Waals surface area contributed by atoms with E-state index in [-0.39, 0.29) is 6.04 Å². The van der Waals surface area contributed by atoms with Crippen LogP contribution in [0.15, 0.2) is 24.3 Å². The molecule has 3 saturated heterocycles. The van der Waals surface area contributed by atoms with Gasteiger partial charge in [-0.15, -0.1) is 0 Å². The summed E-state index contributed by atoms with van der Waals surface area (Å²) in [5.41, 5.74) is 2.85. The molecule has 2 unspecified atom stereocenters. The zero-order chi connectivity index (χ0) is 12.8. The lowest BCUT2D eigenvalue weighted by atomic mass is 9.74. The van der Waals surface area contributed by atoms with Gasteiger partial charge < -0.3 is 0 Å². The van der Waals surface area contributed by atoms with Crippen LogP contribution < -0.4 is 0 Å². The van der Waals surface area contributed by atoms with Crippen molar-refractivity contribution in [3.8, 4) is 0 Å². The third-order valence-electron chi connectivity index (χ3n) is 5.06. The van der Waals surface area contributed by atoms with E-state index in [9.17, 15) is 4.79 Å². The second-order valence-corrected chi connectivity index (χ2v) is 6.12. The maximum absolute atomic E-state index is 12.5. The Bertz CT molecular complexity index is 505. The largest absolute Gasteiger partial charge is 0.299 e. The van der Waals surface area contributed by atoms with Crippen LogP contribution in [0.3, 0.4) is 0 Å². The molecule has 0 amide bonds. The van der Waals surface area contributed by atoms with Gasteiger partial charge in [0.15, 0.2) is 5.78 Å². The molecule has 1 aromatic carbocycles. The van der Waals surface area contributed by atoms with Crippen molar-refractivity contribution >= 4 is 5.78 Å². The van der Waals surface area contributed by atoms with Gasteiger partial charge in [0.25, 0.3) is 0 Å². The number of nitrogens with zero attached hydrogens (tertiary/aromatic N) is 2. The van der Waals surface area contributed by atoms with E-state index in [1.807, 2.05) is 0 Å². The molecular formula is C16H20N2O. The molecule has 0 saturated carbocycles. The molecule has 1 aromatic rings. The molecule has 5 rings (SSSR count). The molecule has 0 N–H and O–H groups in total. The van der Waals surface area contributed by atoms with E-state index >= 15 is 0 Å². The first-order valence-electron chi connectivity index (χ1n) is 7.38. The first-order chi connectivity index (χ1) is 9.31. The lowest BCUT2D eigenvalue weighted by molar-refractivity contribution is -0.130. The fourth-order valence-corrected chi connectivity index (χ4v) is 3.85. The van der Waals surface area contributed by atoms with Gasteiger partial charge in [-0.2, -0.15) is 0 Å². The van der Waals surface area contributed by atoms with Crippen molar-refractivity contribution in [3.05, 3.63) is 35.4 Å². The average Bonchev–Trinajstić information content (AvgIpc) is 2.46. The summed E-state index contributed by atoms with van der Waals surface area (Å²) in [7, 11) is 0. The topological polar surface area (TPSA) is 23.6 Å². The number of benzene rings is 1. The van der Waals surface area contributed by atoms with Crippen LogP contribution in [-0.4, -0.2) is 54.3 Å². The van der Waals surface area contributed by atoms with Crippen LogP contribution in [0, 0.1) is 0 Å². The first kappa shape index (κ1) is 11.6. The quantitative estimate of drug-likeness (QED) is 0.814. The minimum atomic E-state index is 0.176. The molecule has 2 atom stereocenters. The van der Waals surface area contributed by atoms with Crippen LogP contribution in [0.4, 0.5) is 0 Å². The molecule has 2 bridgehead atoms. The van der Waals surface area contributed by atoms with Crippen LogP contribution in [0.1, 0.15) is 23.5 Å². The van der Waals surface area contributed by atoms with Crippen molar-refractivity contribution in [2.75, 3.05) is 32.7 Å². The number of carbonyl (C=O) groups is 1. The Morgan fingerprint density at radius 3 is 2.63 bits per heavy atom. The highest BCUT2D eigenvalue weighted by Gasteiger charge is 2.38. The van der Waals surface area contributed by atoms with Gasteiger partial charge >= 0.3 is 0 Å². The Balaban J connectivity index is 1.43. The standard InChI is InChI=1S/C16H20N2O/c19-16(15-11-17-5-7-18(15)8-6-17)10-13-9-12-3-1-2-4-14(12)13/h1-4,13,15H,5-11H2. The van der Waals surface area contributed by atoms with Crippen molar-refractivity contribution < 1.29 is 4.79 Å². The lowest BCUT2D eigenvalue weighted by Crippen LogP contribution is -2.63. The Hall–Kier alpha value is -1.19. The number of hydrogen-bond acceptors (Lipinski definition) is 3. The molecule has 0 radical (unpaired) electrons. The molecule has 3 nitrogen and oxygen atoms in total. The molecule has 3 aliphatic heterocycles. The number of piperazine rings is 3. The minimum absolute atomic E-state index is 0.176. The van der Waals surface area contributed by atoms with Gasteiger partial charge in [0.1, 0.15) is 0 Å². The fourth-order valence-electron chi connectivity index (χ4n) is 3.85. The van der Waals surface area contributed by atoms with E-state index in [1.54, 1.807) is 0 Å². The van der Waals surface area contributed by atoms with E-state index in [0.29, 0.717) is 11.7 Å². The Kier molecular flexibility index (Phi) is 2.71. The highest BCUT2D eigenvalue weighted by atomic mass is 16.1. The van der Waals surface area contributed by atoms with Crippen LogP contribution >= 0.6 is 0 Å². The number of Topliss-reactive ketones (excluding diaryl/α,β-unsaturated/α-hetero) is 1. The molecule has 3 heteroatoms. The van der Waals surface area contributed by atoms with Gasteiger partial charge in [-0.25, -0.2) is 0 Å². The smallest absolute Gasteiger partial charge is 0.151 e. The lowest BCUT2D eigenvalue weighted by Gasteiger charge is -2.47. The number of rotatable bonds is 3. The van der Waals surface area contributed by atoms with E-state index in [4.69, 9.17) is 0 Å². The third-order valence-corrected chi connectivity index (χ3v) is 5.06. The van der Waals surface area contributed by atoms with Gasteiger partial charge in [-0.05, 0) is 23.5 Å². The van der Waals surface area contributed by atoms with Gasteiger partial charge in [-0.3, -0.25) is 14.6 Å². The van der Waals surface area contributed by atoms with Crippen molar-refractivity contribution in [2.24, 2.45) is 0 Å². The first-order valence-corrected chi connectivity index (χ1v) is 7.38. The van der Waals surface area contributed by atoms with Crippen LogP contribution in [0.25, 0.3) is 0 Å². The fraction of sp³-hybridized carbons (Fsp3) is 0.562. The van der Waals surface area contributed by atoms with E-state index in [1.165, 1.54) is 11.1 Å². The van der Waals surface area contributed by atoms with Crippen LogP contribution in [0.2, 0.25) is 0 Å². The number of fused-ring (bicyclic) bond motifs is 4. The zero-order valence-corrected chi connectivity index (χ0v) is 11.2. The molecule has 19 heavy (non-hydrogen) atoms. The van der Waals surface area contributed by atoms with Gasteiger partial charge in [0.2, 0.25) is 0 Å². The summed E-state index contributed by atoms with van der Waals surface area (Å²) in [4.78, 5) is 17.4. The summed E-state index contributed by atoms with van der Waals surface area (Å²) < 4.78 is 0. The highest BCUT2D eigenvalue weighted by Crippen LogP contribution is 2.38. The van der Waals surface area contributed by atoms with Crippen LogP contribution in [0.5, 0.6) is 0 Å². The van der Waals surface area contributed by atoms with Crippen molar-refractivity contribution in [1.82, 2.24) is 9.80 Å². The maximum Gasteiger partial charge on any atom is 0.151 e. The maximum atomic E-state index is 12.5. The van der Waals surface area contributed by atoms with E-state index in [0.717, 1.165) is 45.6 Å². The molecule has 3 heterocycles. The van der Waals surface area contributed by atoms with Crippen LogP contribution in [-0.2, 0) is 11.2 Å². The number of hydrogen-bond donors (Lipinski definition) is 0. The molecule has 3 fully saturated rings. The Morgan fingerprint density at radius 1 is 1.16 bits per heavy atom. The summed E-state index contributed by atoms with van der Waals surface area (Å²) in [6, 6.07) is 8.74. The predicted octanol–water partition coefficient (Wildman–Crippen LogP) is 1.29. The minimum Gasteiger partial charge on any atom is -0.299 e. The second kappa shape index (κ2) is 4.43. The number of ketones is 1. The molecule has 4 aliphatic rings. The van der Waals surface area contributed by atoms with E-state index in [2.05, 4.69) is 34.1 Å². The zero-order valence-electron chi connectivity index (χ0n) is 11.2. The number of carbonyl (C=O) groups excluding carboxylic acids is 1. The third kappa shape index (κ3) is 1.92. The molecule has 100 valence electrons. The average molecular weight is 256 g/mol. The summed E-state index contributed by atoms with van der Waals surface area (Å²) in [6.45, 7) is 5.43. The Labute approximate surface area is 114 Å². The molecule has 0 aromatic heterocycles. The van der Waals surface area contributed by atoms with Gasteiger partial charge in [0.05, 0.1) is 6.04 Å². The highest BCUT2D eigenvalue weighted by molar-refractivity contribution is 5.85. The molecule has 0 spiro atoms. The summed E-state index contributed by atoms with van der Waals surface area (Å²) in [5, 5.41) is 0. The van der Waals surface area contributed by atoms with E-state index < -0.39 is 0 Å². The predicted molar refractivity (Wildman–Crippen MR) is 74.3 cm³/mol. The summed E-state index contributed by atoms with van der Waals surface area (Å²) >= 11 is 0.